The van der Waals surface area contributed by atoms with Crippen LogP contribution >= 0.6 is 11.6 Å². The average molecular weight is 306 g/mol. The standard InChI is InChI=1S/C15H20ClN5/c1-11(2)20-15(17)18-10-14(21-9-3-8-19-21)12-4-6-13(16)7-5-12/h3-9,11,14H,10H2,1-2H3,(H3,17,18,20). The van der Waals surface area contributed by atoms with Crippen molar-refractivity contribution in [3.05, 3.63) is 53.3 Å². The number of nitrogens with two attached hydrogens (primary N) is 1. The van der Waals surface area contributed by atoms with Crippen LogP contribution in [0.4, 0.5) is 0 Å². The van der Waals surface area contributed by atoms with Gasteiger partial charge in [-0.2, -0.15) is 5.10 Å². The molecule has 1 aromatic carbocycles. The molecule has 6 heteroatoms. The molecule has 3 N–H and O–H groups in total. The topological polar surface area (TPSA) is 68.2 Å². The van der Waals surface area contributed by atoms with Crippen LogP contribution in [0.5, 0.6) is 0 Å². The van der Waals surface area contributed by atoms with Crippen molar-refractivity contribution in [1.29, 1.82) is 0 Å². The zero-order valence-corrected chi connectivity index (χ0v) is 13.0. The van der Waals surface area contributed by atoms with Crippen LogP contribution in [0.15, 0.2) is 47.7 Å². The normalized spacial score (nSPS) is 13.4. The largest absolute Gasteiger partial charge is 0.370 e. The van der Waals surface area contributed by atoms with Gasteiger partial charge in [-0.05, 0) is 37.6 Å². The number of guanidine groups is 1. The van der Waals surface area contributed by atoms with Gasteiger partial charge in [-0.15, -0.1) is 0 Å². The molecule has 1 heterocycles. The fourth-order valence-corrected chi connectivity index (χ4v) is 2.14. The summed E-state index contributed by atoms with van der Waals surface area (Å²) in [5.41, 5.74) is 6.95. The highest BCUT2D eigenvalue weighted by molar-refractivity contribution is 6.30. The maximum Gasteiger partial charge on any atom is 0.188 e. The second-order valence-corrected chi connectivity index (χ2v) is 5.51. The molecule has 0 fully saturated rings. The number of aromatic nitrogens is 2. The van der Waals surface area contributed by atoms with E-state index in [1.165, 1.54) is 0 Å². The Labute approximate surface area is 129 Å². The third-order valence-electron chi connectivity index (χ3n) is 2.97. The van der Waals surface area contributed by atoms with E-state index in [1.807, 2.05) is 55.1 Å². The molecule has 0 bridgehead atoms. The van der Waals surface area contributed by atoms with Crippen LogP contribution in [0.25, 0.3) is 0 Å². The lowest BCUT2D eigenvalue weighted by Crippen LogP contribution is -2.37. The van der Waals surface area contributed by atoms with Crippen molar-refractivity contribution in [2.45, 2.75) is 25.9 Å². The van der Waals surface area contributed by atoms with E-state index in [9.17, 15) is 0 Å². The van der Waals surface area contributed by atoms with Gasteiger partial charge < -0.3 is 11.1 Å². The summed E-state index contributed by atoms with van der Waals surface area (Å²) >= 11 is 5.95. The van der Waals surface area contributed by atoms with Crippen molar-refractivity contribution in [2.75, 3.05) is 6.54 Å². The van der Waals surface area contributed by atoms with E-state index in [0.717, 1.165) is 5.56 Å². The number of hydrogen-bond donors (Lipinski definition) is 2. The zero-order valence-electron chi connectivity index (χ0n) is 12.2. The predicted octanol–water partition coefficient (Wildman–Crippen LogP) is 2.44. The van der Waals surface area contributed by atoms with Crippen LogP contribution < -0.4 is 11.1 Å². The van der Waals surface area contributed by atoms with E-state index < -0.39 is 0 Å². The quantitative estimate of drug-likeness (QED) is 0.658. The molecule has 0 saturated heterocycles. The molecule has 0 aliphatic heterocycles. The molecule has 0 aliphatic carbocycles. The van der Waals surface area contributed by atoms with Crippen molar-refractivity contribution in [3.63, 3.8) is 0 Å². The number of aliphatic imine (C=N–C) groups is 1. The molecule has 21 heavy (non-hydrogen) atoms. The summed E-state index contributed by atoms with van der Waals surface area (Å²) in [6.07, 6.45) is 3.67. The zero-order chi connectivity index (χ0) is 15.2. The average Bonchev–Trinajstić information content (AvgIpc) is 2.94. The lowest BCUT2D eigenvalue weighted by atomic mass is 10.1. The smallest absolute Gasteiger partial charge is 0.188 e. The van der Waals surface area contributed by atoms with Gasteiger partial charge in [-0.3, -0.25) is 9.67 Å². The van der Waals surface area contributed by atoms with Crippen molar-refractivity contribution in [1.82, 2.24) is 15.1 Å². The van der Waals surface area contributed by atoms with E-state index in [1.54, 1.807) is 6.20 Å². The van der Waals surface area contributed by atoms with Gasteiger partial charge in [0.25, 0.3) is 0 Å². The number of halogens is 1. The second-order valence-electron chi connectivity index (χ2n) is 5.08. The third-order valence-corrected chi connectivity index (χ3v) is 3.22. The summed E-state index contributed by atoms with van der Waals surface area (Å²) < 4.78 is 1.87. The van der Waals surface area contributed by atoms with Gasteiger partial charge >= 0.3 is 0 Å². The molecule has 2 aromatic rings. The van der Waals surface area contributed by atoms with Crippen LogP contribution in [0, 0.1) is 0 Å². The van der Waals surface area contributed by atoms with Crippen molar-refractivity contribution in [2.24, 2.45) is 10.7 Å². The maximum absolute atomic E-state index is 5.95. The fraction of sp³-hybridized carbons (Fsp3) is 0.333. The molecule has 2 rings (SSSR count). The highest BCUT2D eigenvalue weighted by atomic mass is 35.5. The summed E-state index contributed by atoms with van der Waals surface area (Å²) in [5.74, 6) is 0.441. The van der Waals surface area contributed by atoms with Gasteiger partial charge in [0.2, 0.25) is 0 Å². The number of benzene rings is 1. The summed E-state index contributed by atoms with van der Waals surface area (Å²) in [7, 11) is 0. The van der Waals surface area contributed by atoms with Gasteiger partial charge in [0.05, 0.1) is 12.6 Å². The molecule has 1 atom stereocenters. The Morgan fingerprint density at radius 3 is 2.67 bits per heavy atom. The fourth-order valence-electron chi connectivity index (χ4n) is 2.02. The molecular formula is C15H20ClN5. The molecule has 112 valence electrons. The van der Waals surface area contributed by atoms with E-state index in [2.05, 4.69) is 15.4 Å². The minimum Gasteiger partial charge on any atom is -0.370 e. The molecule has 0 saturated carbocycles. The molecular weight excluding hydrogens is 286 g/mol. The van der Waals surface area contributed by atoms with Crippen LogP contribution in [-0.2, 0) is 0 Å². The molecule has 0 amide bonds. The Kier molecular flexibility index (Phi) is 5.22. The Morgan fingerprint density at radius 1 is 1.38 bits per heavy atom. The number of nitrogens with one attached hydrogen (secondary N) is 1. The highest BCUT2D eigenvalue weighted by Crippen LogP contribution is 2.20. The van der Waals surface area contributed by atoms with Gasteiger partial charge in [-0.1, -0.05) is 23.7 Å². The van der Waals surface area contributed by atoms with E-state index in [-0.39, 0.29) is 12.1 Å². The first kappa shape index (κ1) is 15.4. The SMILES string of the molecule is CC(C)NC(N)=NCC(c1ccc(Cl)cc1)n1cccn1. The summed E-state index contributed by atoms with van der Waals surface area (Å²) in [5, 5.41) is 8.10. The van der Waals surface area contributed by atoms with E-state index >= 15 is 0 Å². The van der Waals surface area contributed by atoms with E-state index in [4.69, 9.17) is 17.3 Å². The number of rotatable bonds is 5. The lowest BCUT2D eigenvalue weighted by molar-refractivity contribution is 0.531. The Hall–Kier alpha value is -2.01. The molecule has 0 radical (unpaired) electrons. The van der Waals surface area contributed by atoms with Crippen molar-refractivity contribution in [3.8, 4) is 0 Å². The number of hydrogen-bond acceptors (Lipinski definition) is 2. The van der Waals surface area contributed by atoms with Crippen molar-refractivity contribution < 1.29 is 0 Å². The first-order valence-electron chi connectivity index (χ1n) is 6.87. The monoisotopic (exact) mass is 305 g/mol. The summed E-state index contributed by atoms with van der Waals surface area (Å²) in [6, 6.07) is 9.84. The predicted molar refractivity (Wildman–Crippen MR) is 86.6 cm³/mol. The third kappa shape index (κ3) is 4.49. The first-order chi connectivity index (χ1) is 10.1. The van der Waals surface area contributed by atoms with Crippen LogP contribution in [0.2, 0.25) is 5.02 Å². The van der Waals surface area contributed by atoms with Crippen LogP contribution in [0.3, 0.4) is 0 Å². The molecule has 0 spiro atoms. The minimum atomic E-state index is -0.00946. The van der Waals surface area contributed by atoms with Gasteiger partial charge in [-0.25, -0.2) is 0 Å². The summed E-state index contributed by atoms with van der Waals surface area (Å²) in [6.45, 7) is 4.55. The van der Waals surface area contributed by atoms with Gasteiger partial charge in [0.1, 0.15) is 0 Å². The Balaban J connectivity index is 2.20. The summed E-state index contributed by atoms with van der Waals surface area (Å²) in [4.78, 5) is 4.41. The Morgan fingerprint density at radius 2 is 2.10 bits per heavy atom. The van der Waals surface area contributed by atoms with Crippen LogP contribution in [0.1, 0.15) is 25.5 Å². The highest BCUT2D eigenvalue weighted by Gasteiger charge is 2.13. The van der Waals surface area contributed by atoms with Crippen molar-refractivity contribution >= 4 is 17.6 Å². The van der Waals surface area contributed by atoms with Gasteiger partial charge in [0.15, 0.2) is 5.96 Å². The number of nitrogens with zero attached hydrogens (tertiary/aromatic N) is 3. The molecule has 1 unspecified atom stereocenters. The van der Waals surface area contributed by atoms with E-state index in [0.29, 0.717) is 17.5 Å². The lowest BCUT2D eigenvalue weighted by Gasteiger charge is -2.17. The molecule has 1 aromatic heterocycles. The molecule has 0 aliphatic rings. The van der Waals surface area contributed by atoms with Gasteiger partial charge in [0, 0.05) is 23.5 Å². The molecule has 5 nitrogen and oxygen atoms in total. The second kappa shape index (κ2) is 7.13. The van der Waals surface area contributed by atoms with Crippen LogP contribution in [-0.4, -0.2) is 28.3 Å². The Bertz CT molecular complexity index is 575. The first-order valence-corrected chi connectivity index (χ1v) is 7.25. The maximum atomic E-state index is 5.95. The minimum absolute atomic E-state index is 0.00946.